The Morgan fingerprint density at radius 3 is 2.50 bits per heavy atom. The summed E-state index contributed by atoms with van der Waals surface area (Å²) in [6, 6.07) is 7.51. The highest BCUT2D eigenvalue weighted by molar-refractivity contribution is 5.94. The van der Waals surface area contributed by atoms with Crippen LogP contribution in [0.1, 0.15) is 30.1 Å². The lowest BCUT2D eigenvalue weighted by atomic mass is 9.82. The molecule has 1 aromatic carbocycles. The third kappa shape index (κ3) is 2.61. The van der Waals surface area contributed by atoms with Crippen molar-refractivity contribution in [1.82, 2.24) is 0 Å². The van der Waals surface area contributed by atoms with Gasteiger partial charge in [-0.1, -0.05) is 0 Å². The summed E-state index contributed by atoms with van der Waals surface area (Å²) in [4.78, 5) is 11.1. The lowest BCUT2D eigenvalue weighted by molar-refractivity contribution is 0.0487. The van der Waals surface area contributed by atoms with E-state index in [2.05, 4.69) is 5.32 Å². The minimum absolute atomic E-state index is 0.0908. The van der Waals surface area contributed by atoms with Gasteiger partial charge in [0.2, 0.25) is 0 Å². The van der Waals surface area contributed by atoms with E-state index < -0.39 is 0 Å². The van der Waals surface area contributed by atoms with E-state index in [1.807, 2.05) is 24.3 Å². The van der Waals surface area contributed by atoms with E-state index in [4.69, 9.17) is 5.11 Å². The zero-order valence-electron chi connectivity index (χ0n) is 9.44. The van der Waals surface area contributed by atoms with Gasteiger partial charge in [-0.3, -0.25) is 4.79 Å². The molecule has 0 aromatic heterocycles. The number of aliphatic hydroxyl groups excluding tert-OH is 1. The standard InChI is InChI=1S/C13H17NO2/c1-9(15)11-2-4-12(5-3-11)14-8-10-6-13(16)7-10/h2-5,10,13-14,16H,6-8H2,1H3. The van der Waals surface area contributed by atoms with Crippen LogP contribution < -0.4 is 5.32 Å². The fourth-order valence-corrected chi connectivity index (χ4v) is 1.95. The van der Waals surface area contributed by atoms with Crippen LogP contribution in [0.3, 0.4) is 0 Å². The predicted octanol–water partition coefficient (Wildman–Crippen LogP) is 2.07. The first-order chi connectivity index (χ1) is 7.65. The highest BCUT2D eigenvalue weighted by Crippen LogP contribution is 2.27. The average Bonchev–Trinajstić information content (AvgIpc) is 2.23. The van der Waals surface area contributed by atoms with Gasteiger partial charge in [-0.05, 0) is 49.9 Å². The molecule has 0 bridgehead atoms. The second-order valence-corrected chi connectivity index (χ2v) is 4.51. The van der Waals surface area contributed by atoms with Gasteiger partial charge >= 0.3 is 0 Å². The number of carbonyl (C=O) groups excluding carboxylic acids is 1. The molecular weight excluding hydrogens is 202 g/mol. The SMILES string of the molecule is CC(=O)c1ccc(NCC2CC(O)C2)cc1. The zero-order valence-corrected chi connectivity index (χ0v) is 9.44. The summed E-state index contributed by atoms with van der Waals surface area (Å²) in [6.45, 7) is 2.47. The quantitative estimate of drug-likeness (QED) is 0.762. The van der Waals surface area contributed by atoms with Gasteiger partial charge in [-0.15, -0.1) is 0 Å². The molecule has 1 aliphatic rings. The molecule has 3 heteroatoms. The lowest BCUT2D eigenvalue weighted by Crippen LogP contribution is -2.33. The second kappa shape index (κ2) is 4.66. The summed E-state index contributed by atoms with van der Waals surface area (Å²) in [5, 5.41) is 12.5. The van der Waals surface area contributed by atoms with Crippen molar-refractivity contribution in [1.29, 1.82) is 0 Å². The minimum Gasteiger partial charge on any atom is -0.393 e. The monoisotopic (exact) mass is 219 g/mol. The molecule has 0 aliphatic heterocycles. The number of carbonyl (C=O) groups is 1. The maximum atomic E-state index is 11.1. The highest BCUT2D eigenvalue weighted by atomic mass is 16.3. The largest absolute Gasteiger partial charge is 0.393 e. The molecule has 3 nitrogen and oxygen atoms in total. The third-order valence-electron chi connectivity index (χ3n) is 3.10. The Labute approximate surface area is 95.5 Å². The number of hydrogen-bond donors (Lipinski definition) is 2. The molecule has 1 aromatic rings. The van der Waals surface area contributed by atoms with Crippen LogP contribution in [0.25, 0.3) is 0 Å². The fourth-order valence-electron chi connectivity index (χ4n) is 1.95. The zero-order chi connectivity index (χ0) is 11.5. The molecule has 0 radical (unpaired) electrons. The summed E-state index contributed by atoms with van der Waals surface area (Å²) < 4.78 is 0. The van der Waals surface area contributed by atoms with E-state index in [1.165, 1.54) is 0 Å². The Hall–Kier alpha value is -1.35. The van der Waals surface area contributed by atoms with Crippen molar-refractivity contribution in [3.8, 4) is 0 Å². The molecule has 0 heterocycles. The molecule has 1 aliphatic carbocycles. The van der Waals surface area contributed by atoms with Gasteiger partial charge in [0.25, 0.3) is 0 Å². The first-order valence-corrected chi connectivity index (χ1v) is 5.68. The van der Waals surface area contributed by atoms with Crippen LogP contribution >= 0.6 is 0 Å². The first kappa shape index (κ1) is 11.1. The van der Waals surface area contributed by atoms with E-state index in [0.29, 0.717) is 5.92 Å². The first-order valence-electron chi connectivity index (χ1n) is 5.68. The summed E-state index contributed by atoms with van der Waals surface area (Å²) in [5.41, 5.74) is 1.77. The third-order valence-corrected chi connectivity index (χ3v) is 3.10. The summed E-state index contributed by atoms with van der Waals surface area (Å²) >= 11 is 0. The van der Waals surface area contributed by atoms with E-state index in [9.17, 15) is 4.79 Å². The van der Waals surface area contributed by atoms with Crippen molar-refractivity contribution >= 4 is 11.5 Å². The Morgan fingerprint density at radius 2 is 2.00 bits per heavy atom. The van der Waals surface area contributed by atoms with Crippen molar-refractivity contribution in [3.63, 3.8) is 0 Å². The van der Waals surface area contributed by atoms with Crippen molar-refractivity contribution in [2.24, 2.45) is 5.92 Å². The minimum atomic E-state index is -0.0908. The molecule has 86 valence electrons. The molecule has 16 heavy (non-hydrogen) atoms. The van der Waals surface area contributed by atoms with Gasteiger partial charge in [0.1, 0.15) is 0 Å². The van der Waals surface area contributed by atoms with Crippen molar-refractivity contribution < 1.29 is 9.90 Å². The molecule has 1 saturated carbocycles. The van der Waals surface area contributed by atoms with Crippen LogP contribution in [0.5, 0.6) is 0 Å². The van der Waals surface area contributed by atoms with Crippen LogP contribution in [0.15, 0.2) is 24.3 Å². The van der Waals surface area contributed by atoms with Gasteiger partial charge in [0.15, 0.2) is 5.78 Å². The number of hydrogen-bond acceptors (Lipinski definition) is 3. The molecular formula is C13H17NO2. The smallest absolute Gasteiger partial charge is 0.159 e. The number of Topliss-reactive ketones (excluding diaryl/α,β-unsaturated/α-hetero) is 1. The van der Waals surface area contributed by atoms with E-state index in [-0.39, 0.29) is 11.9 Å². The second-order valence-electron chi connectivity index (χ2n) is 4.51. The normalized spacial score (nSPS) is 23.6. The molecule has 0 unspecified atom stereocenters. The highest BCUT2D eigenvalue weighted by Gasteiger charge is 2.26. The van der Waals surface area contributed by atoms with E-state index >= 15 is 0 Å². The number of nitrogens with one attached hydrogen (secondary N) is 1. The Balaban J connectivity index is 1.83. The molecule has 1 fully saturated rings. The topological polar surface area (TPSA) is 49.3 Å². The number of anilines is 1. The maximum Gasteiger partial charge on any atom is 0.159 e. The van der Waals surface area contributed by atoms with Crippen molar-refractivity contribution in [2.75, 3.05) is 11.9 Å². The van der Waals surface area contributed by atoms with Gasteiger partial charge in [-0.2, -0.15) is 0 Å². The molecule has 0 atom stereocenters. The number of aliphatic hydroxyl groups is 1. The molecule has 0 spiro atoms. The van der Waals surface area contributed by atoms with Gasteiger partial charge in [0, 0.05) is 17.8 Å². The summed E-state index contributed by atoms with van der Waals surface area (Å²) in [6.07, 6.45) is 1.71. The average molecular weight is 219 g/mol. The molecule has 0 amide bonds. The maximum absolute atomic E-state index is 11.1. The summed E-state index contributed by atoms with van der Waals surface area (Å²) in [7, 11) is 0. The molecule has 2 rings (SSSR count). The molecule has 2 N–H and O–H groups in total. The number of benzene rings is 1. The van der Waals surface area contributed by atoms with E-state index in [1.54, 1.807) is 6.92 Å². The predicted molar refractivity (Wildman–Crippen MR) is 63.7 cm³/mol. The molecule has 0 saturated heterocycles. The van der Waals surface area contributed by atoms with Gasteiger partial charge < -0.3 is 10.4 Å². The Kier molecular flexibility index (Phi) is 3.25. The number of rotatable bonds is 4. The number of ketones is 1. The van der Waals surface area contributed by atoms with Crippen molar-refractivity contribution in [3.05, 3.63) is 29.8 Å². The fraction of sp³-hybridized carbons (Fsp3) is 0.462. The van der Waals surface area contributed by atoms with Gasteiger partial charge in [-0.25, -0.2) is 0 Å². The van der Waals surface area contributed by atoms with Crippen LogP contribution in [0, 0.1) is 5.92 Å². The Bertz CT molecular complexity index is 366. The lowest BCUT2D eigenvalue weighted by Gasteiger charge is -2.31. The Morgan fingerprint density at radius 1 is 1.38 bits per heavy atom. The van der Waals surface area contributed by atoms with Crippen LogP contribution in [0.2, 0.25) is 0 Å². The van der Waals surface area contributed by atoms with Crippen LogP contribution in [-0.2, 0) is 0 Å². The van der Waals surface area contributed by atoms with E-state index in [0.717, 1.165) is 30.6 Å². The van der Waals surface area contributed by atoms with Crippen molar-refractivity contribution in [2.45, 2.75) is 25.9 Å². The van der Waals surface area contributed by atoms with Gasteiger partial charge in [0.05, 0.1) is 6.10 Å². The summed E-state index contributed by atoms with van der Waals surface area (Å²) in [5.74, 6) is 0.677. The van der Waals surface area contributed by atoms with Crippen LogP contribution in [0.4, 0.5) is 5.69 Å². The van der Waals surface area contributed by atoms with Crippen LogP contribution in [-0.4, -0.2) is 23.5 Å².